The number of carbonyl (C=O) groups is 3. The number of benzene rings is 5. The Kier molecular flexibility index (Phi) is 9.27. The molecule has 2 atom stereocenters. The predicted molar refractivity (Wildman–Crippen MR) is 210 cm³/mol. The smallest absolute Gasteiger partial charge is 0.335 e. The van der Waals surface area contributed by atoms with Crippen LogP contribution in [0.2, 0.25) is 0 Å². The molecule has 3 aliphatic heterocycles. The molecule has 52 heavy (non-hydrogen) atoms. The van der Waals surface area contributed by atoms with Crippen molar-refractivity contribution in [3.63, 3.8) is 0 Å². The van der Waals surface area contributed by atoms with E-state index in [2.05, 4.69) is 57.1 Å². The van der Waals surface area contributed by atoms with Crippen LogP contribution in [0, 0.1) is 3.57 Å². The molecule has 0 bridgehead atoms. The first-order valence-electron chi connectivity index (χ1n) is 17.4. The van der Waals surface area contributed by atoms with Crippen LogP contribution in [0.4, 0.5) is 16.2 Å². The van der Waals surface area contributed by atoms with Crippen molar-refractivity contribution in [2.45, 2.75) is 31.3 Å². The molecule has 0 spiro atoms. The van der Waals surface area contributed by atoms with Crippen LogP contribution < -0.4 is 24.6 Å². The molecule has 4 amide bonds. The Morgan fingerprint density at radius 1 is 0.788 bits per heavy atom. The first-order valence-corrected chi connectivity index (χ1v) is 18.5. The highest BCUT2D eigenvalue weighted by atomic mass is 127. The van der Waals surface area contributed by atoms with E-state index in [1.54, 1.807) is 13.2 Å². The highest BCUT2D eigenvalue weighted by molar-refractivity contribution is 14.1. The fourth-order valence-corrected chi connectivity index (χ4v) is 8.50. The van der Waals surface area contributed by atoms with Gasteiger partial charge in [0.2, 0.25) is 0 Å². The van der Waals surface area contributed by atoms with Gasteiger partial charge in [-0.15, -0.1) is 0 Å². The van der Waals surface area contributed by atoms with Crippen LogP contribution in [-0.4, -0.2) is 38.0 Å². The number of hydrogen-bond acceptors (Lipinski definition) is 6. The molecule has 0 unspecified atom stereocenters. The van der Waals surface area contributed by atoms with Gasteiger partial charge in [0.25, 0.3) is 11.8 Å². The lowest BCUT2D eigenvalue weighted by Gasteiger charge is -2.44. The van der Waals surface area contributed by atoms with Crippen LogP contribution >= 0.6 is 22.6 Å². The van der Waals surface area contributed by atoms with Gasteiger partial charge in [0.05, 0.1) is 16.4 Å². The van der Waals surface area contributed by atoms with Gasteiger partial charge in [-0.25, -0.2) is 9.69 Å². The number of barbiturate groups is 1. The maximum Gasteiger partial charge on any atom is 0.335 e. The molecule has 8 rings (SSSR count). The van der Waals surface area contributed by atoms with Crippen molar-refractivity contribution in [3.05, 3.63) is 158 Å². The summed E-state index contributed by atoms with van der Waals surface area (Å²) in [7, 11) is 1.55. The number of nitrogens with one attached hydrogen (secondary N) is 1. The van der Waals surface area contributed by atoms with Crippen LogP contribution in [0.3, 0.4) is 0 Å². The maximum absolute atomic E-state index is 14.4. The third-order valence-corrected chi connectivity index (χ3v) is 10.9. The average molecular weight is 802 g/mol. The minimum atomic E-state index is -0.771. The van der Waals surface area contributed by atoms with Crippen LogP contribution in [0.1, 0.15) is 58.1 Å². The SMILES string of the molecule is COc1cc(/C=C2\C(=O)NC(=O)N(c3cc4c5c(c3)[C@H](c3ccccc3)CCN5CC[C@H]4c3ccccc3)C2=O)cc(I)c1OCc1ccccc1. The third-order valence-electron chi connectivity index (χ3n) is 10.1. The first-order chi connectivity index (χ1) is 25.4. The molecule has 9 heteroatoms. The molecule has 1 saturated heterocycles. The summed E-state index contributed by atoms with van der Waals surface area (Å²) in [4.78, 5) is 44.9. The number of anilines is 2. The molecule has 5 aromatic rings. The van der Waals surface area contributed by atoms with E-state index in [1.165, 1.54) is 22.9 Å². The van der Waals surface area contributed by atoms with Crippen LogP contribution in [0.15, 0.2) is 121 Å². The van der Waals surface area contributed by atoms with E-state index >= 15 is 0 Å². The summed E-state index contributed by atoms with van der Waals surface area (Å²) in [6.07, 6.45) is 3.32. The minimum absolute atomic E-state index is 0.0810. The second-order valence-electron chi connectivity index (χ2n) is 13.2. The molecule has 0 radical (unpaired) electrons. The van der Waals surface area contributed by atoms with Crippen LogP contribution in [0.25, 0.3) is 6.08 Å². The van der Waals surface area contributed by atoms with Crippen LogP contribution in [-0.2, 0) is 16.2 Å². The summed E-state index contributed by atoms with van der Waals surface area (Å²) in [5.74, 6) is -0.253. The second-order valence-corrected chi connectivity index (χ2v) is 14.4. The Morgan fingerprint density at radius 3 is 1.94 bits per heavy atom. The molecule has 3 heterocycles. The molecule has 260 valence electrons. The number of urea groups is 1. The summed E-state index contributed by atoms with van der Waals surface area (Å²) in [6.45, 7) is 2.19. The van der Waals surface area contributed by atoms with Gasteiger partial charge < -0.3 is 14.4 Å². The Balaban J connectivity index is 1.19. The highest BCUT2D eigenvalue weighted by Gasteiger charge is 2.40. The third kappa shape index (κ3) is 6.34. The molecule has 0 saturated carbocycles. The van der Waals surface area contributed by atoms with E-state index in [4.69, 9.17) is 9.47 Å². The minimum Gasteiger partial charge on any atom is -0.493 e. The topological polar surface area (TPSA) is 88.2 Å². The van der Waals surface area contributed by atoms with Gasteiger partial charge in [-0.3, -0.25) is 14.9 Å². The van der Waals surface area contributed by atoms with Gasteiger partial charge in [0.15, 0.2) is 11.5 Å². The molecule has 0 aromatic heterocycles. The Morgan fingerprint density at radius 2 is 1.37 bits per heavy atom. The van der Waals surface area contributed by atoms with E-state index in [0.29, 0.717) is 29.4 Å². The number of hydrogen-bond donors (Lipinski definition) is 1. The fourth-order valence-electron chi connectivity index (χ4n) is 7.72. The number of ether oxygens (including phenoxy) is 2. The van der Waals surface area contributed by atoms with Crippen molar-refractivity contribution in [1.82, 2.24) is 5.32 Å². The number of rotatable bonds is 8. The molecule has 8 nitrogen and oxygen atoms in total. The molecular weight excluding hydrogens is 765 g/mol. The van der Waals surface area contributed by atoms with E-state index in [9.17, 15) is 14.4 Å². The number of nitrogens with zero attached hydrogens (tertiary/aromatic N) is 2. The van der Waals surface area contributed by atoms with Gasteiger partial charge in [-0.1, -0.05) is 91.0 Å². The van der Waals surface area contributed by atoms with E-state index in [0.717, 1.165) is 51.1 Å². The zero-order valence-electron chi connectivity index (χ0n) is 28.6. The zero-order chi connectivity index (χ0) is 35.8. The van der Waals surface area contributed by atoms with Crippen molar-refractivity contribution in [1.29, 1.82) is 0 Å². The fraction of sp³-hybridized carbons (Fsp3) is 0.186. The summed E-state index contributed by atoms with van der Waals surface area (Å²) in [6, 6.07) is 37.3. The predicted octanol–water partition coefficient (Wildman–Crippen LogP) is 8.42. The Hall–Kier alpha value is -5.42. The summed E-state index contributed by atoms with van der Waals surface area (Å²) >= 11 is 2.16. The van der Waals surface area contributed by atoms with Crippen molar-refractivity contribution in [2.75, 3.05) is 30.0 Å². The molecule has 3 aliphatic rings. The van der Waals surface area contributed by atoms with Crippen molar-refractivity contribution in [2.24, 2.45) is 0 Å². The largest absolute Gasteiger partial charge is 0.493 e. The number of carbonyl (C=O) groups excluding carboxylic acids is 3. The molecule has 0 aliphatic carbocycles. The van der Waals surface area contributed by atoms with Gasteiger partial charge in [-0.2, -0.15) is 0 Å². The summed E-state index contributed by atoms with van der Waals surface area (Å²) < 4.78 is 12.5. The molecule has 1 N–H and O–H groups in total. The van der Waals surface area contributed by atoms with E-state index in [-0.39, 0.29) is 17.4 Å². The standard InChI is InChI=1S/C43H36IN3O5/c1-51-38-23-28(22-37(44)40(38)52-26-27-11-5-2-6-12-27)21-36-41(48)45-43(50)47(42(36)49)31-24-34-32(29-13-7-3-8-14-29)17-19-46-20-18-33(35(25-31)39(34)46)30-15-9-4-10-16-30/h2-16,21-25,32-33H,17-20,26H2,1H3,(H,45,48,50)/b36-21+/t32-,33-/m0/s1. The lowest BCUT2D eigenvalue weighted by Crippen LogP contribution is -2.54. The first kappa shape index (κ1) is 33.7. The van der Waals surface area contributed by atoms with E-state index in [1.807, 2.05) is 84.9 Å². The highest BCUT2D eigenvalue weighted by Crippen LogP contribution is 2.50. The van der Waals surface area contributed by atoms with Crippen molar-refractivity contribution < 1.29 is 23.9 Å². The Labute approximate surface area is 316 Å². The van der Waals surface area contributed by atoms with E-state index < -0.39 is 17.8 Å². The molecular formula is C43H36IN3O5. The lowest BCUT2D eigenvalue weighted by molar-refractivity contribution is -0.122. The zero-order valence-corrected chi connectivity index (χ0v) is 30.7. The normalized spacial score (nSPS) is 19.0. The van der Waals surface area contributed by atoms with Gasteiger partial charge in [-0.05, 0) is 99.2 Å². The molecule has 1 fully saturated rings. The second kappa shape index (κ2) is 14.3. The average Bonchev–Trinajstić information content (AvgIpc) is 3.17. The summed E-state index contributed by atoms with van der Waals surface area (Å²) in [5.41, 5.74) is 7.58. The van der Waals surface area contributed by atoms with Crippen molar-refractivity contribution >= 4 is 57.9 Å². The number of halogens is 1. The monoisotopic (exact) mass is 801 g/mol. The van der Waals surface area contributed by atoms with Crippen molar-refractivity contribution in [3.8, 4) is 11.5 Å². The van der Waals surface area contributed by atoms with Gasteiger partial charge >= 0.3 is 6.03 Å². The van der Waals surface area contributed by atoms with Gasteiger partial charge in [0, 0.05) is 30.6 Å². The quantitative estimate of drug-likeness (QED) is 0.0964. The number of imide groups is 2. The number of amides is 4. The van der Waals surface area contributed by atoms with Crippen LogP contribution in [0.5, 0.6) is 11.5 Å². The lowest BCUT2D eigenvalue weighted by atomic mass is 9.76. The summed E-state index contributed by atoms with van der Waals surface area (Å²) in [5, 5.41) is 2.44. The Bertz CT molecular complexity index is 2130. The van der Waals surface area contributed by atoms with Gasteiger partial charge in [0.1, 0.15) is 12.2 Å². The maximum atomic E-state index is 14.4. The number of methoxy groups -OCH3 is 1. The molecule has 5 aromatic carbocycles.